The molecule has 1 fully saturated rings. The number of alkyl halides is 3. The number of nitrogens with one attached hydrogen (secondary N) is 1. The van der Waals surface area contributed by atoms with Crippen LogP contribution in [0.3, 0.4) is 0 Å². The summed E-state index contributed by atoms with van der Waals surface area (Å²) >= 11 is 0. The van der Waals surface area contributed by atoms with E-state index in [0.717, 1.165) is 67.0 Å². The number of hydrogen-bond acceptors (Lipinski definition) is 5. The van der Waals surface area contributed by atoms with Gasteiger partial charge in [0.2, 0.25) is 0 Å². The van der Waals surface area contributed by atoms with Crippen molar-refractivity contribution in [2.45, 2.75) is 25.7 Å². The van der Waals surface area contributed by atoms with Crippen LogP contribution in [-0.4, -0.2) is 53.9 Å². The molecule has 1 aliphatic heterocycles. The minimum Gasteiger partial charge on any atom is -0.457 e. The van der Waals surface area contributed by atoms with Crippen LogP contribution in [0.1, 0.15) is 40.3 Å². The van der Waals surface area contributed by atoms with E-state index in [4.69, 9.17) is 9.72 Å². The first-order chi connectivity index (χ1) is 19.2. The molecule has 6 nitrogen and oxygen atoms in total. The molecule has 0 radical (unpaired) electrons. The first-order valence-electron chi connectivity index (χ1n) is 13.2. The summed E-state index contributed by atoms with van der Waals surface area (Å²) in [5.74, 6) is 0.548. The lowest BCUT2D eigenvalue weighted by molar-refractivity contribution is -0.137. The van der Waals surface area contributed by atoms with E-state index >= 15 is 0 Å². The van der Waals surface area contributed by atoms with E-state index in [1.165, 1.54) is 12.1 Å². The van der Waals surface area contributed by atoms with E-state index in [2.05, 4.69) is 22.2 Å². The fraction of sp³-hybridized carbons (Fsp3) is 0.290. The first kappa shape index (κ1) is 27.6. The lowest BCUT2D eigenvalue weighted by Gasteiger charge is -2.32. The zero-order valence-corrected chi connectivity index (χ0v) is 22.4. The number of carbonyl (C=O) groups excluding carboxylic acids is 1. The molecule has 0 spiro atoms. The molecule has 1 saturated heterocycles. The number of ether oxygens (including phenoxy) is 1. The zero-order valence-electron chi connectivity index (χ0n) is 22.4. The molecule has 0 bridgehead atoms. The lowest BCUT2D eigenvalue weighted by atomic mass is 10.1. The van der Waals surface area contributed by atoms with Crippen molar-refractivity contribution in [3.8, 4) is 11.5 Å². The molecule has 0 aliphatic carbocycles. The fourth-order valence-corrected chi connectivity index (χ4v) is 4.74. The zero-order chi connectivity index (χ0) is 28.3. The average molecular weight is 549 g/mol. The Kier molecular flexibility index (Phi) is 8.04. The van der Waals surface area contributed by atoms with Gasteiger partial charge in [0.05, 0.1) is 23.0 Å². The van der Waals surface area contributed by atoms with Gasteiger partial charge in [-0.15, -0.1) is 0 Å². The summed E-state index contributed by atoms with van der Waals surface area (Å²) in [5, 5.41) is 4.56. The molecule has 1 amide bonds. The first-order valence-corrected chi connectivity index (χ1v) is 13.2. The number of rotatable bonds is 7. The monoisotopic (exact) mass is 548 g/mol. The number of fused-ring (bicyclic) bond motifs is 1. The van der Waals surface area contributed by atoms with Gasteiger partial charge in [-0.25, -0.2) is 0 Å². The fourth-order valence-electron chi connectivity index (χ4n) is 4.74. The second-order valence-corrected chi connectivity index (χ2v) is 10.1. The van der Waals surface area contributed by atoms with Crippen molar-refractivity contribution in [3.63, 3.8) is 0 Å². The smallest absolute Gasteiger partial charge is 0.416 e. The number of hydrogen-bond donors (Lipinski definition) is 1. The molecule has 1 aromatic heterocycles. The van der Waals surface area contributed by atoms with E-state index < -0.39 is 11.7 Å². The van der Waals surface area contributed by atoms with E-state index in [-0.39, 0.29) is 11.9 Å². The van der Waals surface area contributed by atoms with Crippen LogP contribution >= 0.6 is 0 Å². The third kappa shape index (κ3) is 6.60. The number of carbonyl (C=O) groups is 1. The Bertz CT molecular complexity index is 1480. The van der Waals surface area contributed by atoms with Crippen LogP contribution in [0.4, 0.5) is 13.2 Å². The molecular weight excluding hydrogens is 517 g/mol. The van der Waals surface area contributed by atoms with Gasteiger partial charge in [-0.2, -0.15) is 13.2 Å². The van der Waals surface area contributed by atoms with Crippen molar-refractivity contribution in [3.05, 3.63) is 101 Å². The maximum Gasteiger partial charge on any atom is 0.416 e. The van der Waals surface area contributed by atoms with Gasteiger partial charge in [0, 0.05) is 43.7 Å². The molecule has 208 valence electrons. The van der Waals surface area contributed by atoms with Gasteiger partial charge < -0.3 is 15.0 Å². The predicted molar refractivity (Wildman–Crippen MR) is 148 cm³/mol. The second-order valence-electron chi connectivity index (χ2n) is 10.1. The highest BCUT2D eigenvalue weighted by Gasteiger charge is 2.30. The topological polar surface area (TPSA) is 57.7 Å². The number of halogens is 3. The van der Waals surface area contributed by atoms with Gasteiger partial charge in [0.1, 0.15) is 11.5 Å². The SMILES string of the molecule is CC(NC(=O)c1ccc2c(Oc3ccc(C(F)(F)F)cc3)cccc2c1)c1cccc(CN2CCN(C)CC2)n1. The van der Waals surface area contributed by atoms with Gasteiger partial charge >= 0.3 is 6.18 Å². The standard InChI is InChI=1S/C31H31F3N4O2/c1-21(28-7-4-6-25(36-28)20-38-17-15-37(2)16-18-38)35-30(39)23-9-14-27-22(19-23)5-3-8-29(27)40-26-12-10-24(11-13-26)31(32,33)34/h3-14,19,21H,15-18,20H2,1-2H3,(H,35,39). The van der Waals surface area contributed by atoms with Crippen LogP contribution in [0.15, 0.2) is 78.9 Å². The number of aromatic nitrogens is 1. The number of amides is 1. The molecular formula is C31H31F3N4O2. The number of pyridine rings is 1. The van der Waals surface area contributed by atoms with Crippen molar-refractivity contribution in [2.75, 3.05) is 33.2 Å². The summed E-state index contributed by atoms with van der Waals surface area (Å²) in [6.45, 7) is 6.80. The van der Waals surface area contributed by atoms with Crippen molar-refractivity contribution < 1.29 is 22.7 Å². The molecule has 5 rings (SSSR count). The Morgan fingerprint density at radius 2 is 1.70 bits per heavy atom. The van der Waals surface area contributed by atoms with E-state index in [1.54, 1.807) is 30.3 Å². The highest BCUT2D eigenvalue weighted by atomic mass is 19.4. The normalized spacial score (nSPS) is 15.6. The lowest BCUT2D eigenvalue weighted by Crippen LogP contribution is -2.44. The third-order valence-electron chi connectivity index (χ3n) is 7.11. The molecule has 3 aromatic carbocycles. The maximum absolute atomic E-state index is 13.1. The maximum atomic E-state index is 13.1. The summed E-state index contributed by atoms with van der Waals surface area (Å²) in [6, 6.07) is 20.8. The van der Waals surface area contributed by atoms with Crippen LogP contribution in [0.25, 0.3) is 10.8 Å². The van der Waals surface area contributed by atoms with Gasteiger partial charge in [0.25, 0.3) is 5.91 Å². The second kappa shape index (κ2) is 11.7. The molecule has 1 N–H and O–H groups in total. The van der Waals surface area contributed by atoms with Gasteiger partial charge in [-0.1, -0.05) is 18.2 Å². The van der Waals surface area contributed by atoms with Crippen molar-refractivity contribution in [1.82, 2.24) is 20.1 Å². The molecule has 9 heteroatoms. The van der Waals surface area contributed by atoms with Gasteiger partial charge in [-0.3, -0.25) is 14.7 Å². The van der Waals surface area contributed by atoms with Gasteiger partial charge in [0.15, 0.2) is 0 Å². The van der Waals surface area contributed by atoms with Crippen LogP contribution in [-0.2, 0) is 12.7 Å². The molecule has 2 heterocycles. The largest absolute Gasteiger partial charge is 0.457 e. The van der Waals surface area contributed by atoms with Crippen molar-refractivity contribution in [1.29, 1.82) is 0 Å². The predicted octanol–water partition coefficient (Wildman–Crippen LogP) is 6.28. The number of benzene rings is 3. The Balaban J connectivity index is 1.26. The number of piperazine rings is 1. The summed E-state index contributed by atoms with van der Waals surface area (Å²) in [4.78, 5) is 22.6. The molecule has 1 unspecified atom stereocenters. The molecule has 4 aromatic rings. The molecule has 1 atom stereocenters. The summed E-state index contributed by atoms with van der Waals surface area (Å²) < 4.78 is 44.5. The Morgan fingerprint density at radius 3 is 2.42 bits per heavy atom. The summed E-state index contributed by atoms with van der Waals surface area (Å²) in [6.07, 6.45) is -4.41. The van der Waals surface area contributed by atoms with Gasteiger partial charge in [-0.05, 0) is 80.0 Å². The Hall–Kier alpha value is -3.95. The van der Waals surface area contributed by atoms with Crippen LogP contribution in [0.5, 0.6) is 11.5 Å². The quantitative estimate of drug-likeness (QED) is 0.295. The third-order valence-corrected chi connectivity index (χ3v) is 7.11. The summed E-state index contributed by atoms with van der Waals surface area (Å²) in [5.41, 5.74) is 1.53. The van der Waals surface area contributed by atoms with Crippen LogP contribution in [0, 0.1) is 0 Å². The molecule has 40 heavy (non-hydrogen) atoms. The average Bonchev–Trinajstić information content (AvgIpc) is 2.94. The van der Waals surface area contributed by atoms with Crippen molar-refractivity contribution in [2.24, 2.45) is 0 Å². The van der Waals surface area contributed by atoms with Crippen molar-refractivity contribution >= 4 is 16.7 Å². The molecule has 0 saturated carbocycles. The number of nitrogens with zero attached hydrogens (tertiary/aromatic N) is 3. The van der Waals surface area contributed by atoms with Crippen LogP contribution < -0.4 is 10.1 Å². The van der Waals surface area contributed by atoms with Crippen LogP contribution in [0.2, 0.25) is 0 Å². The summed E-state index contributed by atoms with van der Waals surface area (Å²) in [7, 11) is 2.13. The highest BCUT2D eigenvalue weighted by molar-refractivity contribution is 6.00. The van der Waals surface area contributed by atoms with E-state index in [1.807, 2.05) is 31.2 Å². The highest BCUT2D eigenvalue weighted by Crippen LogP contribution is 2.34. The minimum atomic E-state index is -4.41. The minimum absolute atomic E-state index is 0.227. The Morgan fingerprint density at radius 1 is 0.975 bits per heavy atom. The molecule has 1 aliphatic rings. The van der Waals surface area contributed by atoms with E-state index in [9.17, 15) is 18.0 Å². The number of likely N-dealkylation sites (N-methyl/N-ethyl adjacent to an activating group) is 1. The Labute approximate surface area is 231 Å². The van der Waals surface area contributed by atoms with E-state index in [0.29, 0.717) is 17.1 Å².